The van der Waals surface area contributed by atoms with Gasteiger partial charge in [0.15, 0.2) is 0 Å². The molecule has 1 atom stereocenters. The fourth-order valence-corrected chi connectivity index (χ4v) is 6.21. The quantitative estimate of drug-likeness (QED) is 0.713. The number of nitrogens with zero attached hydrogens (tertiary/aromatic N) is 5. The number of likely N-dealkylation sites (tertiary alicyclic amines) is 2. The standard InChI is InChI=1S/C25H36N6OS/c32-24(22-8-6-18-33-22)30-16-10-21(11-17-30)31-15-5-7-20(19-31)27-25-26-12-9-23(28-25)29-13-3-1-2-4-14-29/h6,8-9,12,18,20-21H,1-5,7,10-11,13-17,19H2,(H,26,27,28). The fourth-order valence-electron chi connectivity index (χ4n) is 5.52. The Kier molecular flexibility index (Phi) is 7.41. The van der Waals surface area contributed by atoms with Gasteiger partial charge in [-0.15, -0.1) is 11.3 Å². The summed E-state index contributed by atoms with van der Waals surface area (Å²) < 4.78 is 0. The van der Waals surface area contributed by atoms with E-state index in [9.17, 15) is 4.79 Å². The molecule has 2 aromatic rings. The van der Waals surface area contributed by atoms with Gasteiger partial charge in [-0.3, -0.25) is 9.69 Å². The first-order valence-corrected chi connectivity index (χ1v) is 13.6. The summed E-state index contributed by atoms with van der Waals surface area (Å²) in [7, 11) is 0. The Balaban J connectivity index is 1.14. The number of carbonyl (C=O) groups excluding carboxylic acids is 1. The summed E-state index contributed by atoms with van der Waals surface area (Å²) in [6.45, 7) is 6.09. The lowest BCUT2D eigenvalue weighted by Crippen LogP contribution is -2.51. The molecule has 3 aliphatic rings. The summed E-state index contributed by atoms with van der Waals surface area (Å²) in [6, 6.07) is 6.88. The number of piperidine rings is 2. The molecule has 5 rings (SSSR count). The van der Waals surface area contributed by atoms with Crippen molar-refractivity contribution in [1.29, 1.82) is 0 Å². The third-order valence-corrected chi connectivity index (χ3v) is 8.21. The van der Waals surface area contributed by atoms with Crippen molar-refractivity contribution >= 4 is 29.0 Å². The van der Waals surface area contributed by atoms with Crippen LogP contribution in [0, 0.1) is 0 Å². The second kappa shape index (κ2) is 10.8. The van der Waals surface area contributed by atoms with Crippen LogP contribution in [0.1, 0.15) is 61.0 Å². The number of rotatable bonds is 5. The highest BCUT2D eigenvalue weighted by molar-refractivity contribution is 7.12. The summed E-state index contributed by atoms with van der Waals surface area (Å²) in [4.78, 5) is 30.0. The van der Waals surface area contributed by atoms with Gasteiger partial charge in [-0.1, -0.05) is 18.9 Å². The van der Waals surface area contributed by atoms with Gasteiger partial charge in [0.1, 0.15) is 5.82 Å². The van der Waals surface area contributed by atoms with Crippen molar-refractivity contribution in [3.05, 3.63) is 34.7 Å². The fraction of sp³-hybridized carbons (Fsp3) is 0.640. The molecule has 1 unspecified atom stereocenters. The predicted octanol–water partition coefficient (Wildman–Crippen LogP) is 4.10. The smallest absolute Gasteiger partial charge is 0.263 e. The largest absolute Gasteiger partial charge is 0.356 e. The van der Waals surface area contributed by atoms with Crippen LogP contribution in [0.4, 0.5) is 11.8 Å². The lowest BCUT2D eigenvalue weighted by molar-refractivity contribution is 0.0584. The Hall–Kier alpha value is -2.19. The van der Waals surface area contributed by atoms with Gasteiger partial charge in [0.2, 0.25) is 5.95 Å². The number of carbonyl (C=O) groups is 1. The Morgan fingerprint density at radius 1 is 0.970 bits per heavy atom. The Labute approximate surface area is 201 Å². The maximum Gasteiger partial charge on any atom is 0.263 e. The second-order valence-electron chi connectivity index (χ2n) is 9.62. The maximum absolute atomic E-state index is 12.7. The number of anilines is 2. The van der Waals surface area contributed by atoms with Crippen LogP contribution in [0.2, 0.25) is 0 Å². The minimum Gasteiger partial charge on any atom is -0.356 e. The van der Waals surface area contributed by atoms with Crippen molar-refractivity contribution in [2.45, 2.75) is 63.5 Å². The molecular formula is C25H36N6OS. The topological polar surface area (TPSA) is 64.6 Å². The van der Waals surface area contributed by atoms with Crippen molar-refractivity contribution in [2.24, 2.45) is 0 Å². The number of nitrogens with one attached hydrogen (secondary N) is 1. The number of aromatic nitrogens is 2. The molecule has 0 saturated carbocycles. The van der Waals surface area contributed by atoms with Crippen LogP contribution in [0.5, 0.6) is 0 Å². The van der Waals surface area contributed by atoms with E-state index in [0.717, 1.165) is 75.2 Å². The van der Waals surface area contributed by atoms with Gasteiger partial charge in [0.05, 0.1) is 4.88 Å². The highest BCUT2D eigenvalue weighted by Gasteiger charge is 2.31. The van der Waals surface area contributed by atoms with Gasteiger partial charge in [0, 0.05) is 51.0 Å². The first-order chi connectivity index (χ1) is 16.3. The minimum atomic E-state index is 0.197. The van der Waals surface area contributed by atoms with Crippen molar-refractivity contribution in [3.8, 4) is 0 Å². The average Bonchev–Trinajstić information content (AvgIpc) is 3.26. The van der Waals surface area contributed by atoms with Gasteiger partial charge in [-0.25, -0.2) is 4.98 Å². The zero-order valence-corrected chi connectivity index (χ0v) is 20.3. The molecule has 7 nitrogen and oxygen atoms in total. The molecule has 8 heteroatoms. The molecule has 0 bridgehead atoms. The Morgan fingerprint density at radius 2 is 1.79 bits per heavy atom. The van der Waals surface area contributed by atoms with Crippen molar-refractivity contribution in [3.63, 3.8) is 0 Å². The van der Waals surface area contributed by atoms with Crippen LogP contribution in [0.15, 0.2) is 29.8 Å². The van der Waals surface area contributed by atoms with Gasteiger partial charge < -0.3 is 15.1 Å². The lowest BCUT2D eigenvalue weighted by Gasteiger charge is -2.42. The first kappa shape index (κ1) is 22.6. The molecule has 0 spiro atoms. The van der Waals surface area contributed by atoms with Crippen molar-refractivity contribution in [2.75, 3.05) is 49.5 Å². The number of hydrogen-bond acceptors (Lipinski definition) is 7. The van der Waals surface area contributed by atoms with E-state index in [1.165, 1.54) is 32.1 Å². The third kappa shape index (κ3) is 5.66. The molecule has 3 aliphatic heterocycles. The molecule has 0 aliphatic carbocycles. The zero-order valence-electron chi connectivity index (χ0n) is 19.5. The van der Waals surface area contributed by atoms with Crippen LogP contribution in [0.25, 0.3) is 0 Å². The number of amides is 1. The molecule has 3 saturated heterocycles. The van der Waals surface area contributed by atoms with E-state index in [-0.39, 0.29) is 5.91 Å². The van der Waals surface area contributed by atoms with E-state index in [2.05, 4.69) is 26.2 Å². The summed E-state index contributed by atoms with van der Waals surface area (Å²) in [5, 5.41) is 5.62. The van der Waals surface area contributed by atoms with E-state index in [1.807, 2.05) is 28.6 Å². The van der Waals surface area contributed by atoms with E-state index in [4.69, 9.17) is 4.98 Å². The lowest BCUT2D eigenvalue weighted by atomic mass is 9.98. The molecule has 2 aromatic heterocycles. The van der Waals surface area contributed by atoms with Crippen LogP contribution < -0.4 is 10.2 Å². The summed E-state index contributed by atoms with van der Waals surface area (Å²) in [5.41, 5.74) is 0. The predicted molar refractivity (Wildman–Crippen MR) is 134 cm³/mol. The molecule has 1 amide bonds. The van der Waals surface area contributed by atoms with Gasteiger partial charge in [0.25, 0.3) is 5.91 Å². The summed E-state index contributed by atoms with van der Waals surface area (Å²) >= 11 is 1.54. The van der Waals surface area contributed by atoms with Crippen LogP contribution in [0.3, 0.4) is 0 Å². The van der Waals surface area contributed by atoms with Gasteiger partial charge >= 0.3 is 0 Å². The highest BCUT2D eigenvalue weighted by atomic mass is 32.1. The normalized spacial score (nSPS) is 23.3. The first-order valence-electron chi connectivity index (χ1n) is 12.7. The summed E-state index contributed by atoms with van der Waals surface area (Å²) in [5.74, 6) is 2.02. The third-order valence-electron chi connectivity index (χ3n) is 7.36. The molecular weight excluding hydrogens is 432 g/mol. The molecule has 1 N–H and O–H groups in total. The molecule has 3 fully saturated rings. The van der Waals surface area contributed by atoms with Gasteiger partial charge in [-0.05, 0) is 62.6 Å². The van der Waals surface area contributed by atoms with Crippen LogP contribution >= 0.6 is 11.3 Å². The molecule has 178 valence electrons. The van der Waals surface area contributed by atoms with Crippen molar-refractivity contribution in [1.82, 2.24) is 19.8 Å². The van der Waals surface area contributed by atoms with E-state index >= 15 is 0 Å². The molecule has 0 radical (unpaired) electrons. The van der Waals surface area contributed by atoms with Crippen molar-refractivity contribution < 1.29 is 4.79 Å². The number of hydrogen-bond donors (Lipinski definition) is 1. The Morgan fingerprint density at radius 3 is 2.55 bits per heavy atom. The van der Waals surface area contributed by atoms with Gasteiger partial charge in [-0.2, -0.15) is 4.98 Å². The minimum absolute atomic E-state index is 0.197. The zero-order chi connectivity index (χ0) is 22.5. The van der Waals surface area contributed by atoms with Crippen LogP contribution in [-0.2, 0) is 0 Å². The number of thiophene rings is 1. The van der Waals surface area contributed by atoms with Crippen LogP contribution in [-0.4, -0.2) is 77.0 Å². The monoisotopic (exact) mass is 468 g/mol. The second-order valence-corrected chi connectivity index (χ2v) is 10.6. The Bertz CT molecular complexity index is 890. The van der Waals surface area contributed by atoms with E-state index < -0.39 is 0 Å². The molecule has 5 heterocycles. The molecule has 0 aromatic carbocycles. The highest BCUT2D eigenvalue weighted by Crippen LogP contribution is 2.25. The van der Waals surface area contributed by atoms with E-state index in [0.29, 0.717) is 12.1 Å². The summed E-state index contributed by atoms with van der Waals surface area (Å²) in [6.07, 6.45) is 11.5. The SMILES string of the molecule is O=C(c1cccs1)N1CCC(N2CCCC(Nc3nccc(N4CCCCCC4)n3)C2)CC1. The van der Waals surface area contributed by atoms with E-state index in [1.54, 1.807) is 11.3 Å². The maximum atomic E-state index is 12.7. The molecule has 33 heavy (non-hydrogen) atoms. The average molecular weight is 469 g/mol.